The molecule has 4 nitrogen and oxygen atoms in total. The summed E-state index contributed by atoms with van der Waals surface area (Å²) in [4.78, 5) is 46.0. The fraction of sp³-hybridized carbons (Fsp3) is 0.147. The standard InChI is InChI=1S/C34H23Cl2NO3/c1-19-11-12-20-13-16-28-34(32(39)23-9-5-6-10-24(23)33(34)40)29(25-15-14-22(35)18-26(25)36)30(37(28)27(20)17-19)31(38)21-7-3-2-4-8-21/h2-18,28-30H,1H3/t28-,29+,30-/m0/s1. The largest absolute Gasteiger partial charge is 0.352 e. The van der Waals surface area contributed by atoms with Crippen molar-refractivity contribution in [2.45, 2.75) is 24.9 Å². The van der Waals surface area contributed by atoms with Crippen molar-refractivity contribution in [2.24, 2.45) is 5.41 Å². The molecule has 3 atom stereocenters. The number of fused-ring (bicyclic) bond motifs is 5. The minimum atomic E-state index is -1.60. The number of nitrogens with zero attached hydrogens (tertiary/aromatic N) is 1. The number of carbonyl (C=O) groups is 3. The first-order valence-electron chi connectivity index (χ1n) is 13.1. The van der Waals surface area contributed by atoms with E-state index in [-0.39, 0.29) is 17.3 Å². The monoisotopic (exact) mass is 563 g/mol. The Morgan fingerprint density at radius 3 is 2.17 bits per heavy atom. The molecule has 3 aliphatic rings. The van der Waals surface area contributed by atoms with Crippen LogP contribution < -0.4 is 4.90 Å². The van der Waals surface area contributed by atoms with Gasteiger partial charge in [0.05, 0.1) is 6.04 Å². The van der Waals surface area contributed by atoms with E-state index in [4.69, 9.17) is 23.2 Å². The third-order valence-electron chi connectivity index (χ3n) is 8.59. The van der Waals surface area contributed by atoms with Crippen LogP contribution in [0.1, 0.15) is 53.7 Å². The summed E-state index contributed by atoms with van der Waals surface area (Å²) in [5.74, 6) is -1.64. The molecule has 0 radical (unpaired) electrons. The molecule has 6 heteroatoms. The van der Waals surface area contributed by atoms with Crippen molar-refractivity contribution >= 4 is 52.3 Å². The van der Waals surface area contributed by atoms with Crippen LogP contribution in [0.5, 0.6) is 0 Å². The van der Waals surface area contributed by atoms with Crippen LogP contribution in [0.2, 0.25) is 10.0 Å². The molecule has 4 aromatic carbocycles. The maximum absolute atomic E-state index is 14.7. The van der Waals surface area contributed by atoms with Gasteiger partial charge in [-0.1, -0.05) is 108 Å². The first kappa shape index (κ1) is 25.0. The van der Waals surface area contributed by atoms with Gasteiger partial charge in [-0.15, -0.1) is 0 Å². The highest BCUT2D eigenvalue weighted by atomic mass is 35.5. The van der Waals surface area contributed by atoms with Crippen molar-refractivity contribution < 1.29 is 14.4 Å². The molecular weight excluding hydrogens is 541 g/mol. The van der Waals surface area contributed by atoms with E-state index < -0.39 is 23.4 Å². The third kappa shape index (κ3) is 3.30. The van der Waals surface area contributed by atoms with E-state index in [9.17, 15) is 14.4 Å². The number of hydrogen-bond acceptors (Lipinski definition) is 4. The lowest BCUT2D eigenvalue weighted by Crippen LogP contribution is -2.48. The number of carbonyl (C=O) groups excluding carboxylic acids is 3. The second-order valence-electron chi connectivity index (χ2n) is 10.7. The molecule has 0 aromatic heterocycles. The molecule has 2 heterocycles. The quantitative estimate of drug-likeness (QED) is 0.190. The molecule has 0 N–H and O–H groups in total. The predicted molar refractivity (Wildman–Crippen MR) is 158 cm³/mol. The normalized spacial score (nSPS) is 21.9. The maximum Gasteiger partial charge on any atom is 0.185 e. The van der Waals surface area contributed by atoms with E-state index in [1.807, 2.05) is 60.4 Å². The van der Waals surface area contributed by atoms with Gasteiger partial charge in [-0.2, -0.15) is 0 Å². The lowest BCUT2D eigenvalue weighted by molar-refractivity contribution is 0.0666. The lowest BCUT2D eigenvalue weighted by Gasteiger charge is -2.37. The Morgan fingerprint density at radius 2 is 1.50 bits per heavy atom. The van der Waals surface area contributed by atoms with E-state index in [1.165, 1.54) is 0 Å². The molecule has 0 amide bonds. The first-order valence-corrected chi connectivity index (χ1v) is 13.9. The van der Waals surface area contributed by atoms with E-state index >= 15 is 0 Å². The molecule has 2 aliphatic heterocycles. The number of anilines is 1. The number of benzene rings is 4. The number of rotatable bonds is 3. The van der Waals surface area contributed by atoms with Gasteiger partial charge in [0.25, 0.3) is 0 Å². The van der Waals surface area contributed by atoms with E-state index in [2.05, 4.69) is 0 Å². The molecule has 7 rings (SSSR count). The number of Topliss-reactive ketones (excluding diaryl/α,β-unsaturated/α-hetero) is 3. The molecular formula is C34H23Cl2NO3. The van der Waals surface area contributed by atoms with Crippen LogP contribution in [0.25, 0.3) is 6.08 Å². The van der Waals surface area contributed by atoms with Gasteiger partial charge in [0, 0.05) is 38.3 Å². The Bertz CT molecular complexity index is 1740. The average molecular weight is 564 g/mol. The highest BCUT2D eigenvalue weighted by Gasteiger charge is 2.71. The molecule has 196 valence electrons. The molecule has 1 aliphatic carbocycles. The van der Waals surface area contributed by atoms with E-state index in [0.29, 0.717) is 32.3 Å². The van der Waals surface area contributed by atoms with Gasteiger partial charge in [0.15, 0.2) is 17.3 Å². The summed E-state index contributed by atoms with van der Waals surface area (Å²) in [6.45, 7) is 1.99. The summed E-state index contributed by atoms with van der Waals surface area (Å²) in [5, 5.41) is 0.741. The van der Waals surface area contributed by atoms with Crippen molar-refractivity contribution in [3.63, 3.8) is 0 Å². The summed E-state index contributed by atoms with van der Waals surface area (Å²) in [6, 6.07) is 25.5. The summed E-state index contributed by atoms with van der Waals surface area (Å²) in [5.41, 5.74) is 2.93. The minimum Gasteiger partial charge on any atom is -0.352 e. The number of hydrogen-bond donors (Lipinski definition) is 0. The van der Waals surface area contributed by atoms with Gasteiger partial charge >= 0.3 is 0 Å². The van der Waals surface area contributed by atoms with Gasteiger partial charge in [-0.05, 0) is 41.8 Å². The third-order valence-corrected chi connectivity index (χ3v) is 9.15. The molecule has 0 bridgehead atoms. The molecule has 1 fully saturated rings. The highest BCUT2D eigenvalue weighted by molar-refractivity contribution is 6.36. The van der Waals surface area contributed by atoms with E-state index in [0.717, 1.165) is 16.8 Å². The van der Waals surface area contributed by atoms with Crippen LogP contribution in [-0.2, 0) is 0 Å². The molecule has 1 spiro atoms. The van der Waals surface area contributed by atoms with Crippen molar-refractivity contribution in [2.75, 3.05) is 4.90 Å². The molecule has 0 saturated carbocycles. The van der Waals surface area contributed by atoms with Crippen LogP contribution in [0.15, 0.2) is 97.1 Å². The smallest absolute Gasteiger partial charge is 0.185 e. The van der Waals surface area contributed by atoms with Crippen LogP contribution >= 0.6 is 23.2 Å². The minimum absolute atomic E-state index is 0.183. The second-order valence-corrected chi connectivity index (χ2v) is 11.5. The molecule has 40 heavy (non-hydrogen) atoms. The van der Waals surface area contributed by atoms with Gasteiger partial charge in [-0.25, -0.2) is 0 Å². The summed E-state index contributed by atoms with van der Waals surface area (Å²) < 4.78 is 0. The maximum atomic E-state index is 14.7. The summed E-state index contributed by atoms with van der Waals surface area (Å²) >= 11 is 13.2. The van der Waals surface area contributed by atoms with Gasteiger partial charge in [-0.3, -0.25) is 14.4 Å². The Kier molecular flexibility index (Phi) is 5.64. The van der Waals surface area contributed by atoms with Gasteiger partial charge in [0.2, 0.25) is 0 Å². The molecule has 1 saturated heterocycles. The summed E-state index contributed by atoms with van der Waals surface area (Å²) in [6.07, 6.45) is 3.87. The topological polar surface area (TPSA) is 54.5 Å². The zero-order valence-corrected chi connectivity index (χ0v) is 23.0. The highest BCUT2D eigenvalue weighted by Crippen LogP contribution is 2.61. The number of aryl methyl sites for hydroxylation is 1. The number of ketones is 3. The van der Waals surface area contributed by atoms with Crippen molar-refractivity contribution in [1.82, 2.24) is 0 Å². The first-order chi connectivity index (χ1) is 19.3. The zero-order chi connectivity index (χ0) is 27.8. The average Bonchev–Trinajstić information content (AvgIpc) is 3.39. The number of halogens is 2. The Labute approximate surface area is 241 Å². The zero-order valence-electron chi connectivity index (χ0n) is 21.5. The lowest BCUT2D eigenvalue weighted by atomic mass is 9.64. The van der Waals surface area contributed by atoms with Crippen molar-refractivity contribution in [1.29, 1.82) is 0 Å². The fourth-order valence-electron chi connectivity index (χ4n) is 6.94. The van der Waals surface area contributed by atoms with Crippen LogP contribution in [0.4, 0.5) is 5.69 Å². The van der Waals surface area contributed by atoms with Crippen molar-refractivity contribution in [3.8, 4) is 0 Å². The van der Waals surface area contributed by atoms with Crippen LogP contribution in [0.3, 0.4) is 0 Å². The van der Waals surface area contributed by atoms with E-state index in [1.54, 1.807) is 54.6 Å². The van der Waals surface area contributed by atoms with Crippen LogP contribution in [-0.4, -0.2) is 29.4 Å². The summed E-state index contributed by atoms with van der Waals surface area (Å²) in [7, 11) is 0. The SMILES string of the molecule is Cc1ccc2c(c1)N1[C@H](C(=O)c3ccccc3)[C@@H](c3ccc(Cl)cc3Cl)C3(C(=O)c4ccccc4C3=O)[C@@H]1C=C2. The Morgan fingerprint density at radius 1 is 0.825 bits per heavy atom. The van der Waals surface area contributed by atoms with Gasteiger partial charge < -0.3 is 4.90 Å². The Hall–Kier alpha value is -3.99. The van der Waals surface area contributed by atoms with Gasteiger partial charge in [0.1, 0.15) is 11.5 Å². The molecule has 4 aromatic rings. The van der Waals surface area contributed by atoms with Crippen molar-refractivity contribution in [3.05, 3.63) is 140 Å². The van der Waals surface area contributed by atoms with Crippen LogP contribution in [0, 0.1) is 12.3 Å². The molecule has 0 unspecified atom stereocenters. The Balaban J connectivity index is 1.58. The second kappa shape index (κ2) is 9.02. The predicted octanol–water partition coefficient (Wildman–Crippen LogP) is 7.62. The fourth-order valence-corrected chi connectivity index (χ4v) is 7.47.